The number of aliphatic carboxylic acids is 1. The van der Waals surface area contributed by atoms with Crippen LogP contribution in [0.25, 0.3) is 9.88 Å². The lowest BCUT2D eigenvalue weighted by atomic mass is 9.96. The number of amides is 1. The molecule has 0 spiro atoms. The molecule has 5 nitrogen and oxygen atoms in total. The van der Waals surface area contributed by atoms with Crippen molar-refractivity contribution in [3.05, 3.63) is 27.5 Å². The van der Waals surface area contributed by atoms with Crippen molar-refractivity contribution in [1.29, 1.82) is 0 Å². The predicted octanol–water partition coefficient (Wildman–Crippen LogP) is 3.83. The van der Waals surface area contributed by atoms with Crippen LogP contribution in [-0.2, 0) is 16.0 Å². The van der Waals surface area contributed by atoms with Crippen molar-refractivity contribution < 1.29 is 14.7 Å². The Morgan fingerprint density at radius 2 is 2.17 bits per heavy atom. The van der Waals surface area contributed by atoms with Crippen LogP contribution in [0.2, 0.25) is 4.34 Å². The SMILES string of the molecule is CCCC(C)(NC(=O)Cc1csc(-c2ccc(Cl)s2)n1)C(=O)O. The molecule has 2 aromatic heterocycles. The maximum Gasteiger partial charge on any atom is 0.329 e. The van der Waals surface area contributed by atoms with Crippen molar-refractivity contribution in [3.63, 3.8) is 0 Å². The molecule has 124 valence electrons. The third-order valence-corrected chi connectivity index (χ3v) is 5.61. The summed E-state index contributed by atoms with van der Waals surface area (Å²) >= 11 is 8.77. The van der Waals surface area contributed by atoms with Gasteiger partial charge in [-0.3, -0.25) is 4.79 Å². The summed E-state index contributed by atoms with van der Waals surface area (Å²) in [7, 11) is 0. The molecule has 1 unspecified atom stereocenters. The second-order valence-electron chi connectivity index (χ2n) is 5.36. The summed E-state index contributed by atoms with van der Waals surface area (Å²) in [5.41, 5.74) is -0.623. The maximum atomic E-state index is 12.1. The summed E-state index contributed by atoms with van der Waals surface area (Å²) in [6.07, 6.45) is 1.11. The maximum absolute atomic E-state index is 12.1. The van der Waals surface area contributed by atoms with Gasteiger partial charge in [0, 0.05) is 5.38 Å². The van der Waals surface area contributed by atoms with E-state index in [2.05, 4.69) is 10.3 Å². The molecular weight excluding hydrogens is 356 g/mol. The molecule has 0 radical (unpaired) electrons. The van der Waals surface area contributed by atoms with Gasteiger partial charge >= 0.3 is 5.97 Å². The van der Waals surface area contributed by atoms with Gasteiger partial charge in [0.25, 0.3) is 0 Å². The molecule has 2 heterocycles. The zero-order chi connectivity index (χ0) is 17.0. The zero-order valence-corrected chi connectivity index (χ0v) is 15.1. The monoisotopic (exact) mass is 372 g/mol. The van der Waals surface area contributed by atoms with Gasteiger partial charge in [-0.05, 0) is 25.5 Å². The number of hydrogen-bond acceptors (Lipinski definition) is 5. The molecule has 0 bridgehead atoms. The first-order chi connectivity index (χ1) is 10.8. The fourth-order valence-electron chi connectivity index (χ4n) is 2.17. The van der Waals surface area contributed by atoms with E-state index in [1.807, 2.05) is 13.0 Å². The van der Waals surface area contributed by atoms with Crippen LogP contribution in [0.15, 0.2) is 17.5 Å². The van der Waals surface area contributed by atoms with Crippen molar-refractivity contribution in [1.82, 2.24) is 10.3 Å². The van der Waals surface area contributed by atoms with Crippen molar-refractivity contribution in [2.24, 2.45) is 0 Å². The van der Waals surface area contributed by atoms with Crippen LogP contribution in [0, 0.1) is 0 Å². The molecule has 0 aromatic carbocycles. The third kappa shape index (κ3) is 4.53. The van der Waals surface area contributed by atoms with E-state index in [1.54, 1.807) is 11.4 Å². The minimum Gasteiger partial charge on any atom is -0.480 e. The van der Waals surface area contributed by atoms with Gasteiger partial charge < -0.3 is 10.4 Å². The standard InChI is InChI=1S/C15H17ClN2O3S2/c1-3-6-15(2,14(20)21)18-12(19)7-9-8-22-13(17-9)10-4-5-11(16)23-10/h4-5,8H,3,6-7H2,1-2H3,(H,18,19)(H,20,21). The molecule has 2 rings (SSSR count). The molecule has 8 heteroatoms. The summed E-state index contributed by atoms with van der Waals surface area (Å²) in [5, 5.41) is 14.5. The van der Waals surface area contributed by atoms with Crippen LogP contribution in [0.1, 0.15) is 32.4 Å². The summed E-state index contributed by atoms with van der Waals surface area (Å²) < 4.78 is 0.686. The van der Waals surface area contributed by atoms with Crippen LogP contribution in [0.5, 0.6) is 0 Å². The minimum atomic E-state index is -1.24. The van der Waals surface area contributed by atoms with E-state index in [0.29, 0.717) is 22.9 Å². The molecule has 0 saturated heterocycles. The summed E-state index contributed by atoms with van der Waals surface area (Å²) in [4.78, 5) is 28.8. The second-order valence-corrected chi connectivity index (χ2v) is 7.93. The Bertz CT molecular complexity index is 713. The van der Waals surface area contributed by atoms with Crippen LogP contribution < -0.4 is 5.32 Å². The Labute approximate surface area is 147 Å². The first-order valence-electron chi connectivity index (χ1n) is 7.08. The van der Waals surface area contributed by atoms with Gasteiger partial charge in [-0.1, -0.05) is 24.9 Å². The van der Waals surface area contributed by atoms with Crippen LogP contribution in [-0.4, -0.2) is 27.5 Å². The largest absolute Gasteiger partial charge is 0.480 e. The van der Waals surface area contributed by atoms with E-state index in [0.717, 1.165) is 9.88 Å². The Balaban J connectivity index is 2.03. The zero-order valence-electron chi connectivity index (χ0n) is 12.8. The highest BCUT2D eigenvalue weighted by molar-refractivity contribution is 7.23. The predicted molar refractivity (Wildman–Crippen MR) is 93.2 cm³/mol. The first-order valence-corrected chi connectivity index (χ1v) is 9.16. The number of halogens is 1. The average Bonchev–Trinajstić information content (AvgIpc) is 3.07. The number of aromatic nitrogens is 1. The van der Waals surface area contributed by atoms with Crippen molar-refractivity contribution in [2.45, 2.75) is 38.6 Å². The molecule has 0 fully saturated rings. The number of carboxylic acid groups (broad SMARTS) is 1. The summed E-state index contributed by atoms with van der Waals surface area (Å²) in [5.74, 6) is -1.37. The molecule has 0 aliphatic carbocycles. The van der Waals surface area contributed by atoms with E-state index in [4.69, 9.17) is 11.6 Å². The van der Waals surface area contributed by atoms with E-state index < -0.39 is 11.5 Å². The molecule has 0 aliphatic heterocycles. The van der Waals surface area contributed by atoms with E-state index in [9.17, 15) is 14.7 Å². The van der Waals surface area contributed by atoms with Gasteiger partial charge in [0.1, 0.15) is 10.5 Å². The minimum absolute atomic E-state index is 0.0577. The molecule has 2 aromatic rings. The quantitative estimate of drug-likeness (QED) is 0.774. The van der Waals surface area contributed by atoms with Crippen molar-refractivity contribution >= 4 is 46.2 Å². The lowest BCUT2D eigenvalue weighted by Gasteiger charge is -2.25. The Hall–Kier alpha value is -1.44. The number of rotatable bonds is 7. The highest BCUT2D eigenvalue weighted by Crippen LogP contribution is 2.33. The molecule has 2 N–H and O–H groups in total. The fraction of sp³-hybridized carbons (Fsp3) is 0.400. The van der Waals surface area contributed by atoms with E-state index >= 15 is 0 Å². The smallest absolute Gasteiger partial charge is 0.329 e. The normalized spacial score (nSPS) is 13.5. The molecule has 0 aliphatic rings. The third-order valence-electron chi connectivity index (χ3n) is 3.31. The molecular formula is C15H17ClN2O3S2. The van der Waals surface area contributed by atoms with Crippen LogP contribution in [0.3, 0.4) is 0 Å². The van der Waals surface area contributed by atoms with Crippen molar-refractivity contribution in [3.8, 4) is 9.88 Å². The Kier molecular flexibility index (Phi) is 5.78. The summed E-state index contributed by atoms with van der Waals surface area (Å²) in [6.45, 7) is 3.41. The number of carbonyl (C=O) groups is 2. The number of thiophene rings is 1. The number of carboxylic acids is 1. The van der Waals surface area contributed by atoms with Gasteiger partial charge in [-0.2, -0.15) is 0 Å². The Morgan fingerprint density at radius 3 is 2.74 bits per heavy atom. The van der Waals surface area contributed by atoms with Gasteiger partial charge in [0.2, 0.25) is 5.91 Å². The molecule has 1 atom stereocenters. The van der Waals surface area contributed by atoms with E-state index in [1.165, 1.54) is 29.6 Å². The number of nitrogens with one attached hydrogen (secondary N) is 1. The van der Waals surface area contributed by atoms with Gasteiger partial charge in [0.15, 0.2) is 0 Å². The summed E-state index contributed by atoms with van der Waals surface area (Å²) in [6, 6.07) is 3.69. The first kappa shape index (κ1) is 17.9. The fourth-order valence-corrected chi connectivity index (χ4v) is 4.10. The highest BCUT2D eigenvalue weighted by atomic mass is 35.5. The number of thiazole rings is 1. The number of nitrogens with zero attached hydrogens (tertiary/aromatic N) is 1. The van der Waals surface area contributed by atoms with Gasteiger partial charge in [-0.15, -0.1) is 22.7 Å². The van der Waals surface area contributed by atoms with Gasteiger partial charge in [-0.25, -0.2) is 9.78 Å². The molecule has 23 heavy (non-hydrogen) atoms. The number of carbonyl (C=O) groups excluding carboxylic acids is 1. The topological polar surface area (TPSA) is 79.3 Å². The lowest BCUT2D eigenvalue weighted by Crippen LogP contribution is -2.52. The highest BCUT2D eigenvalue weighted by Gasteiger charge is 2.33. The Morgan fingerprint density at radius 1 is 1.43 bits per heavy atom. The average molecular weight is 373 g/mol. The van der Waals surface area contributed by atoms with Crippen molar-refractivity contribution in [2.75, 3.05) is 0 Å². The second kappa shape index (κ2) is 7.42. The molecule has 0 saturated carbocycles. The van der Waals surface area contributed by atoms with Gasteiger partial charge in [0.05, 0.1) is 21.3 Å². The van der Waals surface area contributed by atoms with Crippen LogP contribution >= 0.6 is 34.3 Å². The lowest BCUT2D eigenvalue weighted by molar-refractivity contribution is -0.147. The number of hydrogen-bond donors (Lipinski definition) is 2. The van der Waals surface area contributed by atoms with Crippen LogP contribution in [0.4, 0.5) is 0 Å². The molecule has 1 amide bonds. The van der Waals surface area contributed by atoms with E-state index in [-0.39, 0.29) is 12.3 Å².